The molecule has 1 amide bonds. The van der Waals surface area contributed by atoms with Gasteiger partial charge in [0.1, 0.15) is 0 Å². The molecule has 0 radical (unpaired) electrons. The number of hydrogen-bond donors (Lipinski definition) is 1. The molecule has 144 valence electrons. The molecule has 0 saturated carbocycles. The molecule has 0 atom stereocenters. The largest absolute Gasteiger partial charge is 0.320 e. The average Bonchev–Trinajstić information content (AvgIpc) is 3.13. The van der Waals surface area contributed by atoms with Crippen molar-refractivity contribution in [2.75, 3.05) is 18.4 Å². The van der Waals surface area contributed by atoms with E-state index in [1.54, 1.807) is 0 Å². The van der Waals surface area contributed by atoms with Gasteiger partial charge in [-0.25, -0.2) is 8.42 Å². The van der Waals surface area contributed by atoms with Crippen molar-refractivity contribution in [1.29, 1.82) is 0 Å². The first-order valence-electron chi connectivity index (χ1n) is 8.76. The third-order valence-corrected chi connectivity index (χ3v) is 6.87. The van der Waals surface area contributed by atoms with E-state index in [0.717, 1.165) is 24.1 Å². The van der Waals surface area contributed by atoms with Gasteiger partial charge in [-0.2, -0.15) is 4.31 Å². The van der Waals surface area contributed by atoms with Crippen LogP contribution >= 0.6 is 11.6 Å². The standard InChI is InChI=1S/C19H22ClN3O3S/c1-12-10-13(2)21-14(3)18(12)22-19(24)16-11-15(6-7-17(16)20)27(25,26)23-8-4-5-9-23/h6-7,10-11H,4-5,8-9H2,1-3H3,(H,22,24). The lowest BCUT2D eigenvalue weighted by Crippen LogP contribution is -2.28. The van der Waals surface area contributed by atoms with Crippen molar-refractivity contribution in [2.24, 2.45) is 0 Å². The van der Waals surface area contributed by atoms with Gasteiger partial charge in [-0.15, -0.1) is 0 Å². The van der Waals surface area contributed by atoms with Crippen molar-refractivity contribution in [1.82, 2.24) is 9.29 Å². The van der Waals surface area contributed by atoms with Crippen molar-refractivity contribution in [3.05, 3.63) is 51.8 Å². The number of rotatable bonds is 4. The van der Waals surface area contributed by atoms with Crippen LogP contribution in [0.4, 0.5) is 5.69 Å². The third-order valence-electron chi connectivity index (χ3n) is 4.65. The van der Waals surface area contributed by atoms with Crippen LogP contribution in [0.1, 0.15) is 40.2 Å². The fourth-order valence-corrected chi connectivity index (χ4v) is 5.06. The summed E-state index contributed by atoms with van der Waals surface area (Å²) in [5.41, 5.74) is 3.16. The first kappa shape index (κ1) is 19.8. The number of halogens is 1. The molecule has 8 heteroatoms. The predicted molar refractivity (Wildman–Crippen MR) is 106 cm³/mol. The number of carbonyl (C=O) groups is 1. The Labute approximate surface area is 164 Å². The number of pyridine rings is 1. The maximum atomic E-state index is 12.8. The zero-order valence-electron chi connectivity index (χ0n) is 15.5. The first-order valence-corrected chi connectivity index (χ1v) is 10.6. The van der Waals surface area contributed by atoms with Gasteiger partial charge in [-0.3, -0.25) is 9.78 Å². The minimum Gasteiger partial charge on any atom is -0.320 e. The molecule has 0 unspecified atom stereocenters. The fourth-order valence-electron chi connectivity index (χ4n) is 3.31. The van der Waals surface area contributed by atoms with Crippen molar-refractivity contribution in [2.45, 2.75) is 38.5 Å². The van der Waals surface area contributed by atoms with Crippen LogP contribution in [0.3, 0.4) is 0 Å². The molecule has 1 aliphatic heterocycles. The summed E-state index contributed by atoms with van der Waals surface area (Å²) >= 11 is 6.19. The molecule has 1 aromatic carbocycles. The summed E-state index contributed by atoms with van der Waals surface area (Å²) in [6.45, 7) is 6.58. The van der Waals surface area contributed by atoms with Gasteiger partial charge in [0, 0.05) is 18.8 Å². The zero-order chi connectivity index (χ0) is 19.8. The Morgan fingerprint density at radius 1 is 1.15 bits per heavy atom. The first-order chi connectivity index (χ1) is 12.7. The third kappa shape index (κ3) is 4.00. The van der Waals surface area contributed by atoms with Gasteiger partial charge in [0.2, 0.25) is 10.0 Å². The summed E-state index contributed by atoms with van der Waals surface area (Å²) in [6.07, 6.45) is 1.69. The Morgan fingerprint density at radius 3 is 2.44 bits per heavy atom. The summed E-state index contributed by atoms with van der Waals surface area (Å²) in [6, 6.07) is 6.11. The molecule has 1 fully saturated rings. The summed E-state index contributed by atoms with van der Waals surface area (Å²) in [5.74, 6) is -0.463. The Morgan fingerprint density at radius 2 is 1.81 bits per heavy atom. The van der Waals surface area contributed by atoms with Crippen LogP contribution in [-0.4, -0.2) is 36.7 Å². The van der Waals surface area contributed by atoms with Crippen LogP contribution in [0, 0.1) is 20.8 Å². The topological polar surface area (TPSA) is 79.4 Å². The van der Waals surface area contributed by atoms with Gasteiger partial charge >= 0.3 is 0 Å². The number of amides is 1. The van der Waals surface area contributed by atoms with Gasteiger partial charge in [-0.05, 0) is 63.4 Å². The van der Waals surface area contributed by atoms with E-state index in [1.165, 1.54) is 22.5 Å². The lowest BCUT2D eigenvalue weighted by molar-refractivity contribution is 0.102. The number of anilines is 1. The normalized spacial score (nSPS) is 15.1. The summed E-state index contributed by atoms with van der Waals surface area (Å²) in [5, 5.41) is 3.01. The molecular weight excluding hydrogens is 386 g/mol. The highest BCUT2D eigenvalue weighted by Gasteiger charge is 2.28. The van der Waals surface area contributed by atoms with Crippen LogP contribution in [0.2, 0.25) is 5.02 Å². The molecule has 1 N–H and O–H groups in total. The molecule has 27 heavy (non-hydrogen) atoms. The second-order valence-corrected chi connectivity index (χ2v) is 9.09. The number of nitrogens with zero attached hydrogens (tertiary/aromatic N) is 2. The molecule has 1 saturated heterocycles. The van der Waals surface area contributed by atoms with E-state index in [9.17, 15) is 13.2 Å². The molecule has 0 aliphatic carbocycles. The van der Waals surface area contributed by atoms with E-state index in [2.05, 4.69) is 10.3 Å². The van der Waals surface area contributed by atoms with Crippen molar-refractivity contribution >= 4 is 33.2 Å². The molecule has 6 nitrogen and oxygen atoms in total. The van der Waals surface area contributed by atoms with Gasteiger partial charge in [-0.1, -0.05) is 11.6 Å². The fraction of sp³-hybridized carbons (Fsp3) is 0.368. The van der Waals surface area contributed by atoms with Crippen LogP contribution < -0.4 is 5.32 Å². The lowest BCUT2D eigenvalue weighted by Gasteiger charge is -2.17. The SMILES string of the molecule is Cc1cc(C)c(NC(=O)c2cc(S(=O)(=O)N3CCCC3)ccc2Cl)c(C)n1. The van der Waals surface area contributed by atoms with Crippen molar-refractivity contribution in [3.8, 4) is 0 Å². The molecule has 0 spiro atoms. The van der Waals surface area contributed by atoms with Crippen LogP contribution in [0.5, 0.6) is 0 Å². The Hall–Kier alpha value is -1.96. The second-order valence-electron chi connectivity index (χ2n) is 6.75. The summed E-state index contributed by atoms with van der Waals surface area (Å²) < 4.78 is 27.0. The van der Waals surface area contributed by atoms with Gasteiger partial charge in [0.15, 0.2) is 0 Å². The lowest BCUT2D eigenvalue weighted by atomic mass is 10.1. The monoisotopic (exact) mass is 407 g/mol. The maximum Gasteiger partial charge on any atom is 0.257 e. The van der Waals surface area contributed by atoms with Gasteiger partial charge < -0.3 is 5.32 Å². The van der Waals surface area contributed by atoms with E-state index in [1.807, 2.05) is 26.8 Å². The Bertz CT molecular complexity index is 976. The smallest absolute Gasteiger partial charge is 0.257 e. The number of sulfonamides is 1. The number of benzene rings is 1. The zero-order valence-corrected chi connectivity index (χ0v) is 17.1. The van der Waals surface area contributed by atoms with Gasteiger partial charge in [0.05, 0.1) is 26.9 Å². The number of nitrogens with one attached hydrogen (secondary N) is 1. The van der Waals surface area contributed by atoms with E-state index in [0.29, 0.717) is 24.5 Å². The Balaban J connectivity index is 1.94. The van der Waals surface area contributed by atoms with Crippen LogP contribution in [0.25, 0.3) is 0 Å². The minimum absolute atomic E-state index is 0.0782. The maximum absolute atomic E-state index is 12.8. The number of aromatic nitrogens is 1. The number of carbonyl (C=O) groups excluding carboxylic acids is 1. The molecule has 1 aromatic heterocycles. The molecule has 3 rings (SSSR count). The highest BCUT2D eigenvalue weighted by Crippen LogP contribution is 2.27. The highest BCUT2D eigenvalue weighted by atomic mass is 35.5. The molecule has 0 bridgehead atoms. The molecule has 2 aromatic rings. The molecule has 2 heterocycles. The second kappa shape index (κ2) is 7.58. The molecular formula is C19H22ClN3O3S. The van der Waals surface area contributed by atoms with Crippen molar-refractivity contribution in [3.63, 3.8) is 0 Å². The van der Waals surface area contributed by atoms with Crippen molar-refractivity contribution < 1.29 is 13.2 Å². The van der Waals surface area contributed by atoms with E-state index in [-0.39, 0.29) is 15.5 Å². The number of hydrogen-bond acceptors (Lipinski definition) is 4. The van der Waals surface area contributed by atoms with E-state index in [4.69, 9.17) is 11.6 Å². The van der Waals surface area contributed by atoms with Crippen LogP contribution in [-0.2, 0) is 10.0 Å². The number of aryl methyl sites for hydroxylation is 3. The summed E-state index contributed by atoms with van der Waals surface area (Å²) in [4.78, 5) is 17.2. The average molecular weight is 408 g/mol. The van der Waals surface area contributed by atoms with E-state index < -0.39 is 15.9 Å². The van der Waals surface area contributed by atoms with Gasteiger partial charge in [0.25, 0.3) is 5.91 Å². The minimum atomic E-state index is -3.62. The molecule has 1 aliphatic rings. The van der Waals surface area contributed by atoms with Crippen LogP contribution in [0.15, 0.2) is 29.2 Å². The highest BCUT2D eigenvalue weighted by molar-refractivity contribution is 7.89. The summed E-state index contributed by atoms with van der Waals surface area (Å²) in [7, 11) is -3.62. The predicted octanol–water partition coefficient (Wildman–Crippen LogP) is 3.70. The Kier molecular flexibility index (Phi) is 5.55. The quantitative estimate of drug-likeness (QED) is 0.838. The van der Waals surface area contributed by atoms with E-state index >= 15 is 0 Å².